The molecule has 7 heteroatoms. The summed E-state index contributed by atoms with van der Waals surface area (Å²) in [4.78, 5) is 26.5. The van der Waals surface area contributed by atoms with Gasteiger partial charge in [0.2, 0.25) is 0 Å². The molecule has 1 N–H and O–H groups in total. The molecule has 0 bridgehead atoms. The van der Waals surface area contributed by atoms with Gasteiger partial charge in [0.15, 0.2) is 0 Å². The van der Waals surface area contributed by atoms with Crippen molar-refractivity contribution >= 4 is 23.1 Å². The maximum Gasteiger partial charge on any atom is 0.277 e. The normalized spacial score (nSPS) is 13.9. The van der Waals surface area contributed by atoms with Crippen LogP contribution >= 0.6 is 0 Å². The molecule has 7 nitrogen and oxygen atoms in total. The van der Waals surface area contributed by atoms with Crippen LogP contribution in [0.25, 0.3) is 5.57 Å². The predicted molar refractivity (Wildman–Crippen MR) is 101 cm³/mol. The summed E-state index contributed by atoms with van der Waals surface area (Å²) in [5.74, 6) is 0.791. The number of ether oxygens (including phenoxy) is 3. The number of carbonyl (C=O) groups excluding carboxylic acids is 2. The van der Waals surface area contributed by atoms with Gasteiger partial charge < -0.3 is 19.5 Å². The minimum Gasteiger partial charge on any atom is -0.497 e. The number of amides is 2. The van der Waals surface area contributed by atoms with Crippen LogP contribution in [0.2, 0.25) is 0 Å². The molecule has 1 aliphatic heterocycles. The number of hydrogen-bond donors (Lipinski definition) is 1. The lowest BCUT2D eigenvalue weighted by molar-refractivity contribution is -0.135. The molecule has 0 spiro atoms. The fourth-order valence-corrected chi connectivity index (χ4v) is 2.88. The maximum atomic E-state index is 12.7. The third kappa shape index (κ3) is 3.31. The Morgan fingerprint density at radius 2 is 1.48 bits per heavy atom. The highest BCUT2D eigenvalue weighted by Gasteiger charge is 2.38. The van der Waals surface area contributed by atoms with E-state index in [9.17, 15) is 9.59 Å². The van der Waals surface area contributed by atoms with Crippen LogP contribution in [0.5, 0.6) is 17.2 Å². The van der Waals surface area contributed by atoms with Crippen LogP contribution in [0, 0.1) is 0 Å². The first-order valence-corrected chi connectivity index (χ1v) is 8.20. The van der Waals surface area contributed by atoms with Gasteiger partial charge in [-0.05, 0) is 6.07 Å². The number of methoxy groups -OCH3 is 3. The smallest absolute Gasteiger partial charge is 0.277 e. The zero-order valence-corrected chi connectivity index (χ0v) is 15.5. The summed E-state index contributed by atoms with van der Waals surface area (Å²) in [6.45, 7) is 0. The van der Waals surface area contributed by atoms with E-state index in [1.807, 2.05) is 0 Å². The average molecular weight is 368 g/mol. The summed E-state index contributed by atoms with van der Waals surface area (Å²) in [5.41, 5.74) is 1.52. The highest BCUT2D eigenvalue weighted by molar-refractivity contribution is 6.36. The van der Waals surface area contributed by atoms with Gasteiger partial charge in [0.1, 0.15) is 22.9 Å². The number of nitrogens with zero attached hydrogens (tertiary/aromatic N) is 1. The van der Waals surface area contributed by atoms with E-state index in [0.29, 0.717) is 28.5 Å². The van der Waals surface area contributed by atoms with E-state index in [0.717, 1.165) is 4.90 Å². The molecule has 0 saturated heterocycles. The van der Waals surface area contributed by atoms with Gasteiger partial charge in [0.25, 0.3) is 11.8 Å². The molecular formula is C20H20N2O5. The summed E-state index contributed by atoms with van der Waals surface area (Å²) in [6.07, 6.45) is 0. The molecule has 0 radical (unpaired) electrons. The zero-order valence-electron chi connectivity index (χ0n) is 15.5. The maximum absolute atomic E-state index is 12.7. The first-order valence-electron chi connectivity index (χ1n) is 8.20. The number of hydrogen-bond acceptors (Lipinski definition) is 6. The SMILES string of the molecule is COc1cc(NC2=C(c3ccccc3OC)C(=O)N(C)C2=O)cc(OC)c1. The largest absolute Gasteiger partial charge is 0.497 e. The van der Waals surface area contributed by atoms with Crippen molar-refractivity contribution in [3.05, 3.63) is 53.7 Å². The number of benzene rings is 2. The van der Waals surface area contributed by atoms with E-state index >= 15 is 0 Å². The summed E-state index contributed by atoms with van der Waals surface area (Å²) in [5, 5.41) is 3.05. The van der Waals surface area contributed by atoms with E-state index in [4.69, 9.17) is 14.2 Å². The first kappa shape index (κ1) is 18.3. The highest BCUT2D eigenvalue weighted by Crippen LogP contribution is 2.35. The van der Waals surface area contributed by atoms with Crippen LogP contribution in [0.3, 0.4) is 0 Å². The monoisotopic (exact) mass is 368 g/mol. The molecule has 2 aromatic rings. The van der Waals surface area contributed by atoms with Crippen molar-refractivity contribution in [1.82, 2.24) is 4.90 Å². The Balaban J connectivity index is 2.13. The lowest BCUT2D eigenvalue weighted by Crippen LogP contribution is -2.27. The standard InChI is InChI=1S/C20H20N2O5/c1-22-19(23)17(15-7-5-6-8-16(15)27-4)18(20(22)24)21-12-9-13(25-2)11-14(10-12)26-3/h5-11,21H,1-4H3. The summed E-state index contributed by atoms with van der Waals surface area (Å²) in [6, 6.07) is 12.2. The zero-order chi connectivity index (χ0) is 19.6. The first-order chi connectivity index (χ1) is 13.0. The Hall–Kier alpha value is -3.48. The minimum atomic E-state index is -0.428. The highest BCUT2D eigenvalue weighted by atomic mass is 16.5. The van der Waals surface area contributed by atoms with Crippen LogP contribution in [0.15, 0.2) is 48.2 Å². The lowest BCUT2D eigenvalue weighted by atomic mass is 10.0. The van der Waals surface area contributed by atoms with E-state index in [2.05, 4.69) is 5.32 Å². The van der Waals surface area contributed by atoms with Gasteiger partial charge in [-0.2, -0.15) is 0 Å². The van der Waals surface area contributed by atoms with Crippen molar-refractivity contribution in [2.24, 2.45) is 0 Å². The molecule has 0 aromatic heterocycles. The average Bonchev–Trinajstić information content (AvgIpc) is 2.91. The molecule has 0 atom stereocenters. The molecule has 27 heavy (non-hydrogen) atoms. The molecule has 0 unspecified atom stereocenters. The molecule has 2 aromatic carbocycles. The van der Waals surface area contributed by atoms with Crippen LogP contribution in [0.4, 0.5) is 5.69 Å². The lowest BCUT2D eigenvalue weighted by Gasteiger charge is -2.13. The predicted octanol–water partition coefficient (Wildman–Crippen LogP) is 2.53. The van der Waals surface area contributed by atoms with Gasteiger partial charge in [-0.15, -0.1) is 0 Å². The van der Waals surface area contributed by atoms with Crippen molar-refractivity contribution in [3.63, 3.8) is 0 Å². The molecule has 3 rings (SSSR count). The number of anilines is 1. The molecule has 2 amide bonds. The molecule has 0 saturated carbocycles. The Morgan fingerprint density at radius 1 is 0.852 bits per heavy atom. The van der Waals surface area contributed by atoms with E-state index in [1.54, 1.807) is 42.5 Å². The second-order valence-corrected chi connectivity index (χ2v) is 5.85. The van der Waals surface area contributed by atoms with Crippen molar-refractivity contribution in [2.45, 2.75) is 0 Å². The van der Waals surface area contributed by atoms with Crippen LogP contribution in [-0.2, 0) is 9.59 Å². The van der Waals surface area contributed by atoms with Crippen molar-refractivity contribution in [2.75, 3.05) is 33.7 Å². The summed E-state index contributed by atoms with van der Waals surface area (Å²) in [7, 11) is 6.04. The third-order valence-corrected chi connectivity index (χ3v) is 4.28. The Bertz CT molecular complexity index is 913. The van der Waals surface area contributed by atoms with Gasteiger partial charge in [-0.3, -0.25) is 14.5 Å². The second-order valence-electron chi connectivity index (χ2n) is 5.85. The van der Waals surface area contributed by atoms with Crippen LogP contribution in [0.1, 0.15) is 5.56 Å². The van der Waals surface area contributed by atoms with Gasteiger partial charge in [-0.25, -0.2) is 0 Å². The Labute approximate surface area is 157 Å². The fourth-order valence-electron chi connectivity index (χ4n) is 2.88. The number of nitrogens with one attached hydrogen (secondary N) is 1. The number of likely N-dealkylation sites (N-methyl/N-ethyl adjacent to an activating group) is 1. The molecule has 1 aliphatic rings. The summed E-state index contributed by atoms with van der Waals surface area (Å²) < 4.78 is 15.9. The number of carbonyl (C=O) groups is 2. The number of para-hydroxylation sites is 1. The molecule has 1 heterocycles. The van der Waals surface area contributed by atoms with E-state index < -0.39 is 11.8 Å². The van der Waals surface area contributed by atoms with Crippen LogP contribution in [-0.4, -0.2) is 45.1 Å². The van der Waals surface area contributed by atoms with Gasteiger partial charge in [0, 0.05) is 36.5 Å². The fraction of sp³-hybridized carbons (Fsp3) is 0.200. The molecule has 0 aliphatic carbocycles. The van der Waals surface area contributed by atoms with Gasteiger partial charge in [0.05, 0.1) is 26.9 Å². The third-order valence-electron chi connectivity index (χ3n) is 4.28. The van der Waals surface area contributed by atoms with E-state index in [1.165, 1.54) is 28.4 Å². The van der Waals surface area contributed by atoms with Crippen molar-refractivity contribution in [3.8, 4) is 17.2 Å². The molecular weight excluding hydrogens is 348 g/mol. The molecule has 0 fully saturated rings. The Kier molecular flexibility index (Phi) is 5.03. The second kappa shape index (κ2) is 7.41. The number of imide groups is 1. The summed E-state index contributed by atoms with van der Waals surface area (Å²) >= 11 is 0. The quantitative estimate of drug-likeness (QED) is 0.790. The Morgan fingerprint density at radius 3 is 2.07 bits per heavy atom. The van der Waals surface area contributed by atoms with Crippen LogP contribution < -0.4 is 19.5 Å². The van der Waals surface area contributed by atoms with E-state index in [-0.39, 0.29) is 11.3 Å². The van der Waals surface area contributed by atoms with Crippen molar-refractivity contribution in [1.29, 1.82) is 0 Å². The van der Waals surface area contributed by atoms with Crippen molar-refractivity contribution < 1.29 is 23.8 Å². The minimum absolute atomic E-state index is 0.169. The topological polar surface area (TPSA) is 77.1 Å². The number of rotatable bonds is 6. The van der Waals surface area contributed by atoms with Gasteiger partial charge in [-0.1, -0.05) is 18.2 Å². The van der Waals surface area contributed by atoms with Gasteiger partial charge >= 0.3 is 0 Å². The molecule has 140 valence electrons.